The monoisotopic (exact) mass is 324 g/mol. The van der Waals surface area contributed by atoms with Gasteiger partial charge in [0, 0.05) is 10.0 Å². The lowest BCUT2D eigenvalue weighted by Gasteiger charge is -2.28. The molecule has 112 valence electrons. The summed E-state index contributed by atoms with van der Waals surface area (Å²) >= 11 is 11.9. The third-order valence-corrected chi connectivity index (χ3v) is 4.03. The highest BCUT2D eigenvalue weighted by Crippen LogP contribution is 2.30. The van der Waals surface area contributed by atoms with Crippen LogP contribution in [0.4, 0.5) is 0 Å². The summed E-state index contributed by atoms with van der Waals surface area (Å²) in [6.45, 7) is 4.74. The molecule has 0 amide bonds. The fourth-order valence-corrected chi connectivity index (χ4v) is 2.51. The Morgan fingerprint density at radius 3 is 1.62 bits per heavy atom. The maximum absolute atomic E-state index is 11.3. The van der Waals surface area contributed by atoms with Crippen molar-refractivity contribution in [2.75, 3.05) is 6.54 Å². The standard InChI is InChI=1S/C17H19Cl2NO/c1-12(2)20-11-17(21,13-3-7-15(18)8-4-13)14-5-9-16(19)10-6-14/h3-10,12,20-21H,11H2,1-2H3/p+1. The molecule has 4 heteroatoms. The molecule has 2 nitrogen and oxygen atoms in total. The average molecular weight is 325 g/mol. The Hall–Kier alpha value is -1.06. The topological polar surface area (TPSA) is 36.8 Å². The van der Waals surface area contributed by atoms with Crippen LogP contribution in [0.15, 0.2) is 48.5 Å². The highest BCUT2D eigenvalue weighted by Gasteiger charge is 2.34. The van der Waals surface area contributed by atoms with Gasteiger partial charge in [0.15, 0.2) is 5.60 Å². The summed E-state index contributed by atoms with van der Waals surface area (Å²) in [7, 11) is 0. The van der Waals surface area contributed by atoms with E-state index < -0.39 is 5.60 Å². The highest BCUT2D eigenvalue weighted by molar-refractivity contribution is 6.30. The van der Waals surface area contributed by atoms with Gasteiger partial charge in [-0.25, -0.2) is 0 Å². The fraction of sp³-hybridized carbons (Fsp3) is 0.294. The molecular formula is C17H20Cl2NO+. The second-order valence-corrected chi connectivity index (χ2v) is 6.43. The SMILES string of the molecule is CC(C)[NH2+]CC(O)(c1ccc(Cl)cc1)c1ccc(Cl)cc1. The number of halogens is 2. The second kappa shape index (κ2) is 6.80. The summed E-state index contributed by atoms with van der Waals surface area (Å²) in [6.07, 6.45) is 0. The van der Waals surface area contributed by atoms with Crippen molar-refractivity contribution >= 4 is 23.2 Å². The fourth-order valence-electron chi connectivity index (χ4n) is 2.26. The summed E-state index contributed by atoms with van der Waals surface area (Å²) in [5.41, 5.74) is 0.580. The van der Waals surface area contributed by atoms with E-state index in [-0.39, 0.29) is 0 Å². The van der Waals surface area contributed by atoms with Gasteiger partial charge in [0.2, 0.25) is 0 Å². The largest absolute Gasteiger partial charge is 0.375 e. The molecule has 0 aliphatic carbocycles. The van der Waals surface area contributed by atoms with Gasteiger partial charge in [0.05, 0.1) is 6.04 Å². The Kier molecular flexibility index (Phi) is 5.28. The Labute approximate surface area is 135 Å². The minimum absolute atomic E-state index is 0.399. The molecule has 0 saturated carbocycles. The van der Waals surface area contributed by atoms with Gasteiger partial charge in [-0.3, -0.25) is 0 Å². The minimum atomic E-state index is -1.07. The maximum Gasteiger partial charge on any atom is 0.163 e. The Morgan fingerprint density at radius 2 is 1.29 bits per heavy atom. The zero-order valence-corrected chi connectivity index (χ0v) is 13.7. The molecule has 3 N–H and O–H groups in total. The molecule has 2 aromatic carbocycles. The van der Waals surface area contributed by atoms with Crippen LogP contribution in [0.1, 0.15) is 25.0 Å². The van der Waals surface area contributed by atoms with Gasteiger partial charge >= 0.3 is 0 Å². The van der Waals surface area contributed by atoms with Crippen molar-refractivity contribution in [2.45, 2.75) is 25.5 Å². The van der Waals surface area contributed by atoms with Gasteiger partial charge in [-0.05, 0) is 49.2 Å². The summed E-state index contributed by atoms with van der Waals surface area (Å²) in [5, 5.41) is 14.7. The van der Waals surface area contributed by atoms with Crippen LogP contribution < -0.4 is 5.32 Å². The maximum atomic E-state index is 11.3. The number of benzene rings is 2. The van der Waals surface area contributed by atoms with E-state index in [4.69, 9.17) is 23.2 Å². The molecule has 21 heavy (non-hydrogen) atoms. The summed E-state index contributed by atoms with van der Waals surface area (Å²) in [6, 6.07) is 15.1. The van der Waals surface area contributed by atoms with Crippen LogP contribution in [0.2, 0.25) is 10.0 Å². The first kappa shape index (κ1) is 16.3. The van der Waals surface area contributed by atoms with Crippen LogP contribution in [0.5, 0.6) is 0 Å². The predicted molar refractivity (Wildman–Crippen MR) is 87.8 cm³/mol. The molecule has 0 fully saturated rings. The second-order valence-electron chi connectivity index (χ2n) is 5.56. The molecule has 2 rings (SSSR count). The van der Waals surface area contributed by atoms with Gasteiger partial charge in [-0.2, -0.15) is 0 Å². The normalized spacial score (nSPS) is 11.9. The Balaban J connectivity index is 2.42. The first-order chi connectivity index (χ1) is 9.91. The molecule has 0 spiro atoms. The Bertz CT molecular complexity index is 533. The first-order valence-corrected chi connectivity index (χ1v) is 7.75. The number of rotatable bonds is 5. The molecule has 0 unspecified atom stereocenters. The number of hydrogen-bond acceptors (Lipinski definition) is 1. The van der Waals surface area contributed by atoms with Crippen molar-refractivity contribution in [1.82, 2.24) is 0 Å². The molecule has 0 saturated heterocycles. The zero-order chi connectivity index (χ0) is 15.5. The number of quaternary nitrogens is 1. The van der Waals surface area contributed by atoms with Crippen LogP contribution >= 0.6 is 23.2 Å². The van der Waals surface area contributed by atoms with Crippen molar-refractivity contribution in [3.05, 3.63) is 69.7 Å². The van der Waals surface area contributed by atoms with Crippen LogP contribution in [-0.2, 0) is 5.60 Å². The lowest BCUT2D eigenvalue weighted by atomic mass is 9.86. The first-order valence-electron chi connectivity index (χ1n) is 6.99. The van der Waals surface area contributed by atoms with E-state index in [1.54, 1.807) is 24.3 Å². The molecule has 0 aliphatic rings. The van der Waals surface area contributed by atoms with Crippen molar-refractivity contribution < 1.29 is 10.4 Å². The lowest BCUT2D eigenvalue weighted by molar-refractivity contribution is -0.693. The molecule has 0 aromatic heterocycles. The molecule has 0 aliphatic heterocycles. The third kappa shape index (κ3) is 3.98. The summed E-state index contributed by atoms with van der Waals surface area (Å²) < 4.78 is 0. The van der Waals surface area contributed by atoms with Gasteiger partial charge < -0.3 is 10.4 Å². The number of hydrogen-bond donors (Lipinski definition) is 2. The smallest absolute Gasteiger partial charge is 0.163 e. The quantitative estimate of drug-likeness (QED) is 0.870. The molecular weight excluding hydrogens is 305 g/mol. The van der Waals surface area contributed by atoms with E-state index in [1.165, 1.54) is 0 Å². The van der Waals surface area contributed by atoms with Crippen LogP contribution in [-0.4, -0.2) is 17.7 Å². The van der Waals surface area contributed by atoms with Gasteiger partial charge in [0.25, 0.3) is 0 Å². The predicted octanol–water partition coefficient (Wildman–Crippen LogP) is 3.20. The molecule has 0 heterocycles. The van der Waals surface area contributed by atoms with E-state index >= 15 is 0 Å². The van der Waals surface area contributed by atoms with Crippen molar-refractivity contribution in [3.63, 3.8) is 0 Å². The average Bonchev–Trinajstić information content (AvgIpc) is 2.46. The van der Waals surface area contributed by atoms with Crippen LogP contribution in [0.25, 0.3) is 0 Å². The van der Waals surface area contributed by atoms with Gasteiger partial charge in [-0.1, -0.05) is 47.5 Å². The number of aliphatic hydroxyl groups is 1. The van der Waals surface area contributed by atoms with E-state index in [9.17, 15) is 5.11 Å². The van der Waals surface area contributed by atoms with Crippen LogP contribution in [0.3, 0.4) is 0 Å². The minimum Gasteiger partial charge on any atom is -0.375 e. The van der Waals surface area contributed by atoms with E-state index in [0.29, 0.717) is 22.6 Å². The zero-order valence-electron chi connectivity index (χ0n) is 12.2. The van der Waals surface area contributed by atoms with Crippen molar-refractivity contribution in [2.24, 2.45) is 0 Å². The summed E-state index contributed by atoms with van der Waals surface area (Å²) in [5.74, 6) is 0. The Morgan fingerprint density at radius 1 is 0.905 bits per heavy atom. The molecule has 0 radical (unpaired) electrons. The van der Waals surface area contributed by atoms with Crippen LogP contribution in [0, 0.1) is 0 Å². The summed E-state index contributed by atoms with van der Waals surface area (Å²) in [4.78, 5) is 0. The third-order valence-electron chi connectivity index (χ3n) is 3.53. The van der Waals surface area contributed by atoms with Crippen molar-refractivity contribution in [3.8, 4) is 0 Å². The van der Waals surface area contributed by atoms with Gasteiger partial charge in [0.1, 0.15) is 6.54 Å². The van der Waals surface area contributed by atoms with Crippen molar-refractivity contribution in [1.29, 1.82) is 0 Å². The lowest BCUT2D eigenvalue weighted by Crippen LogP contribution is -2.91. The molecule has 2 aromatic rings. The van der Waals surface area contributed by atoms with E-state index in [0.717, 1.165) is 11.1 Å². The molecule has 0 bridgehead atoms. The number of nitrogens with two attached hydrogens (primary N) is 1. The van der Waals surface area contributed by atoms with Gasteiger partial charge in [-0.15, -0.1) is 0 Å². The van der Waals surface area contributed by atoms with E-state index in [1.807, 2.05) is 24.3 Å². The highest BCUT2D eigenvalue weighted by atomic mass is 35.5. The molecule has 0 atom stereocenters. The van der Waals surface area contributed by atoms with E-state index in [2.05, 4.69) is 19.2 Å².